The van der Waals surface area contributed by atoms with Gasteiger partial charge in [-0.15, -0.1) is 0 Å². The molecule has 0 radical (unpaired) electrons. The Hall–Kier alpha value is -2.86. The monoisotopic (exact) mass is 640 g/mol. The summed E-state index contributed by atoms with van der Waals surface area (Å²) in [7, 11) is 0. The van der Waals surface area contributed by atoms with Gasteiger partial charge in [0.05, 0.1) is 0 Å². The summed E-state index contributed by atoms with van der Waals surface area (Å²) in [6.07, 6.45) is 0. The third-order valence-electron chi connectivity index (χ3n) is 7.49. The summed E-state index contributed by atoms with van der Waals surface area (Å²) in [5.41, 5.74) is 0.0529. The molecule has 8 aromatic carbocycles. The van der Waals surface area contributed by atoms with Gasteiger partial charge in [-0.05, 0) is 121 Å². The molecular formula is C30H11Br3O2. The number of hydrogen-bond acceptors (Lipinski definition) is 2. The lowest BCUT2D eigenvalue weighted by Gasteiger charge is -2.19. The summed E-state index contributed by atoms with van der Waals surface area (Å²) in [5.74, 6) is 0. The molecule has 8 rings (SSSR count). The van der Waals surface area contributed by atoms with Crippen molar-refractivity contribution in [2.24, 2.45) is 0 Å². The van der Waals surface area contributed by atoms with Crippen molar-refractivity contribution in [3.8, 4) is 0 Å². The zero-order chi connectivity index (χ0) is 23.7. The van der Waals surface area contributed by atoms with Crippen LogP contribution in [0.5, 0.6) is 0 Å². The van der Waals surface area contributed by atoms with Gasteiger partial charge < -0.3 is 0 Å². The van der Waals surface area contributed by atoms with E-state index in [2.05, 4.69) is 59.9 Å². The molecule has 0 atom stereocenters. The third-order valence-corrected chi connectivity index (χ3v) is 10.8. The predicted molar refractivity (Wildman–Crippen MR) is 158 cm³/mol. The van der Waals surface area contributed by atoms with Crippen molar-refractivity contribution in [3.05, 3.63) is 101 Å². The average Bonchev–Trinajstić information content (AvgIpc) is 2.88. The third kappa shape index (κ3) is 2.35. The minimum Gasteiger partial charge on any atom is -0.289 e. The van der Waals surface area contributed by atoms with Crippen molar-refractivity contribution >= 4 is 123 Å². The molecule has 8 aromatic rings. The van der Waals surface area contributed by atoms with Crippen LogP contribution in [0.2, 0.25) is 0 Å². The van der Waals surface area contributed by atoms with Gasteiger partial charge in [0.1, 0.15) is 0 Å². The summed E-state index contributed by atoms with van der Waals surface area (Å²) in [6.45, 7) is 0. The van der Waals surface area contributed by atoms with E-state index < -0.39 is 0 Å². The van der Waals surface area contributed by atoms with Crippen molar-refractivity contribution in [2.75, 3.05) is 0 Å². The number of rotatable bonds is 0. The molecule has 0 aliphatic rings. The summed E-state index contributed by atoms with van der Waals surface area (Å²) in [4.78, 5) is 27.3. The number of hydrogen-bond donors (Lipinski definition) is 0. The van der Waals surface area contributed by atoms with E-state index in [1.807, 2.05) is 54.6 Å². The Morgan fingerprint density at radius 3 is 1.63 bits per heavy atom. The second kappa shape index (κ2) is 6.67. The van der Waals surface area contributed by atoms with Crippen molar-refractivity contribution in [3.63, 3.8) is 0 Å². The standard InChI is InChI=1S/C30H11Br3O2/c31-21-11-20-19-10-13-5-7-16-24-18(14-3-1-2-4-15(14)29(16)34)9-12-6-8-17(25(19)23(12)22(13)24)30(35)26(20)28(33)27(21)32/h1-11H. The Labute approximate surface area is 222 Å². The van der Waals surface area contributed by atoms with Crippen LogP contribution in [0.1, 0.15) is 0 Å². The van der Waals surface area contributed by atoms with Crippen LogP contribution in [-0.2, 0) is 0 Å². The molecule has 164 valence electrons. The van der Waals surface area contributed by atoms with Gasteiger partial charge in [-0.3, -0.25) is 9.59 Å². The van der Waals surface area contributed by atoms with Gasteiger partial charge in [0, 0.05) is 45.7 Å². The highest BCUT2D eigenvalue weighted by molar-refractivity contribution is 9.14. The first-order valence-electron chi connectivity index (χ1n) is 11.1. The second-order valence-electron chi connectivity index (χ2n) is 9.13. The Bertz CT molecular complexity index is 2340. The second-order valence-corrected chi connectivity index (χ2v) is 11.6. The fraction of sp³-hybridized carbons (Fsp3) is 0. The largest absolute Gasteiger partial charge is 0.289 e. The topological polar surface area (TPSA) is 34.1 Å². The molecule has 0 aliphatic heterocycles. The minimum atomic E-state index is -0.000489. The number of fused-ring (bicyclic) bond motifs is 4. The zero-order valence-corrected chi connectivity index (χ0v) is 22.6. The lowest BCUT2D eigenvalue weighted by molar-refractivity contribution is 1.60. The molecule has 2 nitrogen and oxygen atoms in total. The van der Waals surface area contributed by atoms with Crippen molar-refractivity contribution < 1.29 is 0 Å². The maximum atomic E-state index is 13.8. The first kappa shape index (κ1) is 20.3. The minimum absolute atomic E-state index is 0.000489. The molecule has 0 fully saturated rings. The van der Waals surface area contributed by atoms with Gasteiger partial charge in [-0.1, -0.05) is 36.4 Å². The molecule has 0 heterocycles. The van der Waals surface area contributed by atoms with Crippen LogP contribution in [-0.4, -0.2) is 0 Å². The van der Waals surface area contributed by atoms with E-state index in [0.29, 0.717) is 10.8 Å². The molecule has 0 N–H and O–H groups in total. The van der Waals surface area contributed by atoms with E-state index in [1.165, 1.54) is 0 Å². The molecular weight excluding hydrogens is 632 g/mol. The van der Waals surface area contributed by atoms with Crippen LogP contribution in [0, 0.1) is 0 Å². The van der Waals surface area contributed by atoms with Crippen LogP contribution < -0.4 is 10.9 Å². The van der Waals surface area contributed by atoms with Crippen LogP contribution in [0.4, 0.5) is 0 Å². The number of benzene rings is 8. The first-order chi connectivity index (χ1) is 17.0. The smallest absolute Gasteiger partial charge is 0.195 e. The molecule has 0 spiro atoms. The van der Waals surface area contributed by atoms with E-state index in [4.69, 9.17) is 0 Å². The Morgan fingerprint density at radius 1 is 0.429 bits per heavy atom. The van der Waals surface area contributed by atoms with Crippen molar-refractivity contribution in [1.29, 1.82) is 0 Å². The summed E-state index contributed by atoms with van der Waals surface area (Å²) < 4.78 is 2.45. The van der Waals surface area contributed by atoms with Gasteiger partial charge in [0.25, 0.3) is 0 Å². The molecule has 0 unspecified atom stereocenters. The lowest BCUT2D eigenvalue weighted by atomic mass is 9.84. The van der Waals surface area contributed by atoms with Crippen LogP contribution in [0.25, 0.3) is 75.4 Å². The average molecular weight is 643 g/mol. The van der Waals surface area contributed by atoms with E-state index >= 15 is 0 Å². The van der Waals surface area contributed by atoms with Gasteiger partial charge in [-0.25, -0.2) is 0 Å². The predicted octanol–water partition coefficient (Wildman–Crippen LogP) is 9.08. The van der Waals surface area contributed by atoms with Gasteiger partial charge in [0.15, 0.2) is 10.9 Å². The first-order valence-corrected chi connectivity index (χ1v) is 13.5. The summed E-state index contributed by atoms with van der Waals surface area (Å²) in [6, 6.07) is 22.2. The Kier molecular flexibility index (Phi) is 3.88. The van der Waals surface area contributed by atoms with E-state index in [0.717, 1.165) is 78.1 Å². The van der Waals surface area contributed by atoms with Crippen molar-refractivity contribution in [2.45, 2.75) is 0 Å². The quantitative estimate of drug-likeness (QED) is 0.0940. The van der Waals surface area contributed by atoms with E-state index in [-0.39, 0.29) is 10.9 Å². The van der Waals surface area contributed by atoms with Crippen LogP contribution in [0.3, 0.4) is 0 Å². The van der Waals surface area contributed by atoms with Crippen molar-refractivity contribution in [1.82, 2.24) is 0 Å². The molecule has 5 heteroatoms. The fourth-order valence-electron chi connectivity index (χ4n) is 6.06. The molecule has 0 saturated heterocycles. The maximum absolute atomic E-state index is 13.8. The summed E-state index contributed by atoms with van der Waals surface area (Å²) >= 11 is 10.9. The number of halogens is 3. The molecule has 0 bridgehead atoms. The van der Waals surface area contributed by atoms with Gasteiger partial charge >= 0.3 is 0 Å². The highest BCUT2D eigenvalue weighted by Crippen LogP contribution is 2.47. The fourth-order valence-corrected chi connectivity index (χ4v) is 7.67. The zero-order valence-electron chi connectivity index (χ0n) is 17.8. The normalized spacial score (nSPS) is 12.7. The van der Waals surface area contributed by atoms with Gasteiger partial charge in [-0.2, -0.15) is 0 Å². The Balaban J connectivity index is 1.77. The van der Waals surface area contributed by atoms with Gasteiger partial charge in [0.2, 0.25) is 0 Å². The molecule has 0 saturated carbocycles. The Morgan fingerprint density at radius 2 is 0.971 bits per heavy atom. The van der Waals surface area contributed by atoms with E-state index in [9.17, 15) is 9.59 Å². The van der Waals surface area contributed by atoms with E-state index in [1.54, 1.807) is 0 Å². The highest BCUT2D eigenvalue weighted by atomic mass is 79.9. The lowest BCUT2D eigenvalue weighted by Crippen LogP contribution is -2.06. The molecule has 0 aromatic heterocycles. The van der Waals surface area contributed by atoms with Crippen LogP contribution >= 0.6 is 47.8 Å². The molecule has 0 aliphatic carbocycles. The van der Waals surface area contributed by atoms with Crippen LogP contribution in [0.15, 0.2) is 89.7 Å². The molecule has 35 heavy (non-hydrogen) atoms. The highest BCUT2D eigenvalue weighted by Gasteiger charge is 2.23. The summed E-state index contributed by atoms with van der Waals surface area (Å²) in [5, 5.41) is 13.0. The maximum Gasteiger partial charge on any atom is 0.195 e. The SMILES string of the molecule is O=c1c2ccccc2c2cc3ccc4c(=O)c5c(Br)c(Br)c(Br)cc5c5cc6ccc1c2c6c3c45. The molecule has 0 amide bonds.